The molecule has 21 heavy (non-hydrogen) atoms. The van der Waals surface area contributed by atoms with Crippen LogP contribution in [0.1, 0.15) is 21.6 Å². The van der Waals surface area contributed by atoms with E-state index < -0.39 is 11.8 Å². The Morgan fingerprint density at radius 2 is 2.00 bits per heavy atom. The third kappa shape index (κ3) is 3.66. The zero-order valence-electron chi connectivity index (χ0n) is 11.7. The lowest BCUT2D eigenvalue weighted by Crippen LogP contribution is -2.01. The van der Waals surface area contributed by atoms with Crippen LogP contribution in [0.3, 0.4) is 0 Å². The van der Waals surface area contributed by atoms with Gasteiger partial charge in [0.05, 0.1) is 25.5 Å². The van der Waals surface area contributed by atoms with Crippen LogP contribution in [-0.4, -0.2) is 25.2 Å². The third-order valence-electron chi connectivity index (χ3n) is 2.83. The molecular weight excluding hydrogens is 273 g/mol. The van der Waals surface area contributed by atoms with Crippen molar-refractivity contribution in [2.45, 2.75) is 0 Å². The molecule has 108 valence electrons. The fourth-order valence-corrected chi connectivity index (χ4v) is 1.70. The molecule has 0 N–H and O–H groups in total. The molecule has 4 nitrogen and oxygen atoms in total. The van der Waals surface area contributed by atoms with Gasteiger partial charge in [-0.15, -0.1) is 0 Å². The van der Waals surface area contributed by atoms with E-state index in [1.807, 2.05) is 0 Å². The number of esters is 1. The number of methoxy groups -OCH3 is 2. The highest BCUT2D eigenvalue weighted by molar-refractivity contribution is 5.89. The minimum atomic E-state index is -0.429. The smallest absolute Gasteiger partial charge is 0.339 e. The molecule has 0 bridgehead atoms. The van der Waals surface area contributed by atoms with Gasteiger partial charge in [-0.25, -0.2) is 9.18 Å². The Bertz CT molecular complexity index is 666. The van der Waals surface area contributed by atoms with E-state index in [0.29, 0.717) is 11.3 Å². The van der Waals surface area contributed by atoms with E-state index in [4.69, 9.17) is 4.74 Å². The first-order valence-corrected chi connectivity index (χ1v) is 6.20. The molecule has 0 spiro atoms. The van der Waals surface area contributed by atoms with Gasteiger partial charge >= 0.3 is 5.97 Å². The standard InChI is InChI=1S/C16H14FNO3/c1-20-15-9-11(4-8-14(15)17)3-6-13-7-5-12(10-18-13)16(19)21-2/h3-10H,1-2H3/b6-3+. The van der Waals surface area contributed by atoms with Crippen LogP contribution in [0.15, 0.2) is 36.5 Å². The second-order valence-corrected chi connectivity index (χ2v) is 4.19. The van der Waals surface area contributed by atoms with Gasteiger partial charge in [-0.2, -0.15) is 0 Å². The number of halogens is 1. The fraction of sp³-hybridized carbons (Fsp3) is 0.125. The average Bonchev–Trinajstić information content (AvgIpc) is 2.53. The van der Waals surface area contributed by atoms with Crippen molar-refractivity contribution in [3.8, 4) is 5.75 Å². The summed E-state index contributed by atoms with van der Waals surface area (Å²) in [5.74, 6) is -0.650. The first-order chi connectivity index (χ1) is 10.1. The molecule has 2 rings (SSSR count). The zero-order valence-corrected chi connectivity index (χ0v) is 11.7. The quantitative estimate of drug-likeness (QED) is 0.810. The molecular formula is C16H14FNO3. The van der Waals surface area contributed by atoms with Crippen molar-refractivity contribution in [1.82, 2.24) is 4.98 Å². The van der Waals surface area contributed by atoms with Crippen LogP contribution in [0.5, 0.6) is 5.75 Å². The van der Waals surface area contributed by atoms with Crippen LogP contribution >= 0.6 is 0 Å². The fourth-order valence-electron chi connectivity index (χ4n) is 1.70. The Balaban J connectivity index is 2.15. The molecule has 2 aromatic rings. The Morgan fingerprint density at radius 3 is 2.62 bits per heavy atom. The van der Waals surface area contributed by atoms with E-state index in [1.54, 1.807) is 36.4 Å². The maximum atomic E-state index is 13.3. The van der Waals surface area contributed by atoms with Crippen LogP contribution in [-0.2, 0) is 4.74 Å². The molecule has 0 saturated heterocycles. The monoisotopic (exact) mass is 287 g/mol. The highest BCUT2D eigenvalue weighted by atomic mass is 19.1. The zero-order chi connectivity index (χ0) is 15.2. The highest BCUT2D eigenvalue weighted by Crippen LogP contribution is 2.19. The molecule has 0 radical (unpaired) electrons. The number of ether oxygens (including phenoxy) is 2. The number of rotatable bonds is 4. The largest absolute Gasteiger partial charge is 0.494 e. The third-order valence-corrected chi connectivity index (χ3v) is 2.83. The Kier molecular flexibility index (Phi) is 4.66. The van der Waals surface area contributed by atoms with Crippen molar-refractivity contribution in [3.63, 3.8) is 0 Å². The summed E-state index contributed by atoms with van der Waals surface area (Å²) in [5, 5.41) is 0. The van der Waals surface area contributed by atoms with Gasteiger partial charge in [0.25, 0.3) is 0 Å². The lowest BCUT2D eigenvalue weighted by molar-refractivity contribution is 0.0600. The highest BCUT2D eigenvalue weighted by Gasteiger charge is 2.04. The predicted molar refractivity (Wildman–Crippen MR) is 77.5 cm³/mol. The molecule has 0 aliphatic carbocycles. The van der Waals surface area contributed by atoms with Crippen molar-refractivity contribution < 1.29 is 18.7 Å². The minimum Gasteiger partial charge on any atom is -0.494 e. The van der Waals surface area contributed by atoms with Gasteiger partial charge in [0.1, 0.15) is 0 Å². The van der Waals surface area contributed by atoms with E-state index in [2.05, 4.69) is 9.72 Å². The van der Waals surface area contributed by atoms with Crippen molar-refractivity contribution in [2.24, 2.45) is 0 Å². The maximum absolute atomic E-state index is 13.3. The second-order valence-electron chi connectivity index (χ2n) is 4.19. The molecule has 0 saturated carbocycles. The molecule has 5 heteroatoms. The molecule has 1 aromatic heterocycles. The summed E-state index contributed by atoms with van der Waals surface area (Å²) >= 11 is 0. The second kappa shape index (κ2) is 6.65. The van der Waals surface area contributed by atoms with Gasteiger partial charge in [0, 0.05) is 6.20 Å². The number of pyridine rings is 1. The van der Waals surface area contributed by atoms with E-state index in [1.165, 1.54) is 26.5 Å². The average molecular weight is 287 g/mol. The molecule has 1 aromatic carbocycles. The first-order valence-electron chi connectivity index (χ1n) is 6.20. The minimum absolute atomic E-state index is 0.186. The van der Waals surface area contributed by atoms with Gasteiger partial charge in [0.2, 0.25) is 0 Å². The molecule has 0 atom stereocenters. The summed E-state index contributed by atoms with van der Waals surface area (Å²) in [7, 11) is 2.73. The molecule has 0 aliphatic heterocycles. The SMILES string of the molecule is COC(=O)c1ccc(/C=C/c2ccc(F)c(OC)c2)nc1. The summed E-state index contributed by atoms with van der Waals surface area (Å²) in [5.41, 5.74) is 1.84. The number of aromatic nitrogens is 1. The van der Waals surface area contributed by atoms with Gasteiger partial charge in [-0.1, -0.05) is 12.1 Å². The van der Waals surface area contributed by atoms with E-state index in [9.17, 15) is 9.18 Å². The summed E-state index contributed by atoms with van der Waals surface area (Å²) in [6.07, 6.45) is 4.98. The Hall–Kier alpha value is -2.69. The Labute approximate surface area is 121 Å². The summed E-state index contributed by atoms with van der Waals surface area (Å²) in [6.45, 7) is 0. The summed E-state index contributed by atoms with van der Waals surface area (Å²) < 4.78 is 22.8. The van der Waals surface area contributed by atoms with Gasteiger partial charge in [0.15, 0.2) is 11.6 Å². The van der Waals surface area contributed by atoms with Gasteiger partial charge in [-0.3, -0.25) is 4.98 Å². The molecule has 0 unspecified atom stereocenters. The summed E-state index contributed by atoms with van der Waals surface area (Å²) in [6, 6.07) is 7.89. The normalized spacial score (nSPS) is 10.6. The van der Waals surface area contributed by atoms with Crippen molar-refractivity contribution in [1.29, 1.82) is 0 Å². The van der Waals surface area contributed by atoms with Crippen molar-refractivity contribution >= 4 is 18.1 Å². The van der Waals surface area contributed by atoms with Gasteiger partial charge in [-0.05, 0) is 35.9 Å². The lowest BCUT2D eigenvalue weighted by Gasteiger charge is -2.02. The van der Waals surface area contributed by atoms with Crippen LogP contribution < -0.4 is 4.74 Å². The number of benzene rings is 1. The maximum Gasteiger partial charge on any atom is 0.339 e. The van der Waals surface area contributed by atoms with E-state index in [-0.39, 0.29) is 5.75 Å². The number of carbonyl (C=O) groups excluding carboxylic acids is 1. The molecule has 0 amide bonds. The first kappa shape index (κ1) is 14.7. The van der Waals surface area contributed by atoms with Crippen molar-refractivity contribution in [3.05, 3.63) is 59.2 Å². The topological polar surface area (TPSA) is 48.4 Å². The predicted octanol–water partition coefficient (Wildman–Crippen LogP) is 3.19. The van der Waals surface area contributed by atoms with Crippen LogP contribution in [0.2, 0.25) is 0 Å². The number of carbonyl (C=O) groups is 1. The van der Waals surface area contributed by atoms with Crippen molar-refractivity contribution in [2.75, 3.05) is 14.2 Å². The molecule has 0 aliphatic rings. The van der Waals surface area contributed by atoms with E-state index in [0.717, 1.165) is 5.56 Å². The summed E-state index contributed by atoms with van der Waals surface area (Å²) in [4.78, 5) is 15.4. The van der Waals surface area contributed by atoms with Crippen LogP contribution in [0.25, 0.3) is 12.2 Å². The molecule has 1 heterocycles. The number of hydrogen-bond acceptors (Lipinski definition) is 4. The van der Waals surface area contributed by atoms with Crippen LogP contribution in [0, 0.1) is 5.82 Å². The number of nitrogens with zero attached hydrogens (tertiary/aromatic N) is 1. The Morgan fingerprint density at radius 1 is 1.19 bits per heavy atom. The molecule has 0 fully saturated rings. The van der Waals surface area contributed by atoms with E-state index >= 15 is 0 Å². The number of hydrogen-bond donors (Lipinski definition) is 0. The van der Waals surface area contributed by atoms with Crippen LogP contribution in [0.4, 0.5) is 4.39 Å². The van der Waals surface area contributed by atoms with Gasteiger partial charge < -0.3 is 9.47 Å². The lowest BCUT2D eigenvalue weighted by atomic mass is 10.1.